The first-order valence-electron chi connectivity index (χ1n) is 6.56. The van der Waals surface area contributed by atoms with Crippen molar-refractivity contribution < 1.29 is 46.1 Å². The van der Waals surface area contributed by atoms with Crippen LogP contribution >= 0.6 is 0 Å². The summed E-state index contributed by atoms with van der Waals surface area (Å²) in [6.45, 7) is 2.16. The predicted molar refractivity (Wildman–Crippen MR) is 69.7 cm³/mol. The third-order valence-corrected chi connectivity index (χ3v) is 3.14. The Hall–Kier alpha value is -1.97. The number of carboxylic acid groups (broad SMARTS) is 1. The van der Waals surface area contributed by atoms with Crippen LogP contribution < -0.4 is 4.74 Å². The highest BCUT2D eigenvalue weighted by molar-refractivity contribution is 5.68. The zero-order valence-electron chi connectivity index (χ0n) is 12.5. The topological polar surface area (TPSA) is 66.8 Å². The molecule has 0 aliphatic carbocycles. The van der Waals surface area contributed by atoms with Gasteiger partial charge in [0, 0.05) is 5.56 Å². The molecule has 0 radical (unpaired) electrons. The van der Waals surface area contributed by atoms with Gasteiger partial charge in [0.05, 0.1) is 0 Å². The third-order valence-electron chi connectivity index (χ3n) is 3.14. The molecule has 136 valence electrons. The van der Waals surface area contributed by atoms with E-state index in [2.05, 4.69) is 0 Å². The third kappa shape index (κ3) is 3.74. The van der Waals surface area contributed by atoms with Gasteiger partial charge in [-0.1, -0.05) is 13.8 Å². The van der Waals surface area contributed by atoms with E-state index in [0.29, 0.717) is 12.1 Å². The van der Waals surface area contributed by atoms with E-state index in [9.17, 15) is 31.1 Å². The van der Waals surface area contributed by atoms with Crippen molar-refractivity contribution in [2.75, 3.05) is 6.61 Å². The number of aliphatic carboxylic acids is 1. The van der Waals surface area contributed by atoms with Crippen molar-refractivity contribution in [3.8, 4) is 5.75 Å². The molecule has 2 N–H and O–H groups in total. The molecule has 0 saturated heterocycles. The highest BCUT2D eigenvalue weighted by Crippen LogP contribution is 2.49. The molecule has 0 aliphatic rings. The maximum absolute atomic E-state index is 13.8. The normalized spacial score (nSPS) is 15.2. The van der Waals surface area contributed by atoms with E-state index in [-0.39, 0.29) is 11.3 Å². The van der Waals surface area contributed by atoms with Crippen LogP contribution in [0, 0.1) is 0 Å². The lowest BCUT2D eigenvalue weighted by atomic mass is 9.94. The molecule has 0 saturated carbocycles. The first-order valence-corrected chi connectivity index (χ1v) is 6.56. The van der Waals surface area contributed by atoms with Gasteiger partial charge in [0.15, 0.2) is 6.61 Å². The van der Waals surface area contributed by atoms with Gasteiger partial charge in [-0.15, -0.1) is 0 Å². The maximum atomic E-state index is 13.8. The lowest BCUT2D eigenvalue weighted by molar-refractivity contribution is -0.390. The van der Waals surface area contributed by atoms with Crippen molar-refractivity contribution in [1.29, 1.82) is 0 Å². The molecule has 0 amide bonds. The molecule has 0 spiro atoms. The minimum absolute atomic E-state index is 0.0635. The van der Waals surface area contributed by atoms with Crippen molar-refractivity contribution in [3.63, 3.8) is 0 Å². The SMILES string of the molecule is CC(C)c1cc(C(F)(F)C(O)(F)C(F)(F)F)ccc1OCC(=O)O. The molecule has 1 aromatic carbocycles. The molecule has 0 bridgehead atoms. The molecule has 10 heteroatoms. The summed E-state index contributed by atoms with van der Waals surface area (Å²) < 4.78 is 83.0. The Morgan fingerprint density at radius 3 is 2.12 bits per heavy atom. The number of halogens is 6. The molecule has 1 atom stereocenters. The summed E-state index contributed by atoms with van der Waals surface area (Å²) >= 11 is 0. The molecule has 0 aliphatic heterocycles. The van der Waals surface area contributed by atoms with E-state index in [1.54, 1.807) is 0 Å². The standard InChI is InChI=1S/C14H14F6O4/c1-7(2)9-5-8(3-4-10(9)24-6-11(21)22)12(15,16)13(17,23)14(18,19)20/h3-5,7,23H,6H2,1-2H3,(H,21,22). The summed E-state index contributed by atoms with van der Waals surface area (Å²) in [5.74, 6) is -13.1. The van der Waals surface area contributed by atoms with Crippen LogP contribution in [-0.2, 0) is 10.7 Å². The lowest BCUT2D eigenvalue weighted by Gasteiger charge is -2.31. The molecule has 1 rings (SSSR count). The second kappa shape index (κ2) is 6.50. The van der Waals surface area contributed by atoms with E-state index in [1.807, 2.05) is 0 Å². The molecular weight excluding hydrogens is 346 g/mol. The second-order valence-electron chi connectivity index (χ2n) is 5.28. The highest BCUT2D eigenvalue weighted by atomic mass is 19.4. The summed E-state index contributed by atoms with van der Waals surface area (Å²) in [6.07, 6.45) is -6.22. The quantitative estimate of drug-likeness (QED) is 0.761. The number of alkyl halides is 6. The largest absolute Gasteiger partial charge is 0.482 e. The van der Waals surface area contributed by atoms with Crippen LogP contribution in [-0.4, -0.2) is 34.8 Å². The van der Waals surface area contributed by atoms with Crippen LogP contribution in [0.5, 0.6) is 5.75 Å². The highest BCUT2D eigenvalue weighted by Gasteiger charge is 2.71. The fraction of sp³-hybridized carbons (Fsp3) is 0.500. The first-order chi connectivity index (χ1) is 10.7. The Morgan fingerprint density at radius 2 is 1.71 bits per heavy atom. The summed E-state index contributed by atoms with van der Waals surface area (Å²) in [7, 11) is 0. The number of carboxylic acids is 1. The number of aliphatic hydroxyl groups is 1. The molecular formula is C14H14F6O4. The van der Waals surface area contributed by atoms with Gasteiger partial charge in [-0.25, -0.2) is 4.79 Å². The zero-order valence-corrected chi connectivity index (χ0v) is 12.5. The van der Waals surface area contributed by atoms with E-state index < -0.39 is 42.0 Å². The minimum Gasteiger partial charge on any atom is -0.482 e. The van der Waals surface area contributed by atoms with Gasteiger partial charge in [0.1, 0.15) is 5.75 Å². The van der Waals surface area contributed by atoms with Crippen LogP contribution in [0.1, 0.15) is 30.9 Å². The van der Waals surface area contributed by atoms with E-state index >= 15 is 0 Å². The Labute approximate surface area is 132 Å². The Morgan fingerprint density at radius 1 is 1.17 bits per heavy atom. The van der Waals surface area contributed by atoms with Crippen molar-refractivity contribution in [3.05, 3.63) is 29.3 Å². The Balaban J connectivity index is 3.35. The molecule has 1 unspecified atom stereocenters. The van der Waals surface area contributed by atoms with Crippen LogP contribution in [0.4, 0.5) is 26.3 Å². The van der Waals surface area contributed by atoms with Crippen LogP contribution in [0.15, 0.2) is 18.2 Å². The van der Waals surface area contributed by atoms with Gasteiger partial charge in [-0.2, -0.15) is 26.3 Å². The van der Waals surface area contributed by atoms with Crippen molar-refractivity contribution in [2.45, 2.75) is 37.7 Å². The fourth-order valence-corrected chi connectivity index (χ4v) is 1.84. The Kier molecular flexibility index (Phi) is 5.44. The summed E-state index contributed by atoms with van der Waals surface area (Å²) in [6, 6.07) is 1.77. The van der Waals surface area contributed by atoms with Gasteiger partial charge in [0.2, 0.25) is 0 Å². The number of ether oxygens (including phenoxy) is 1. The molecule has 4 nitrogen and oxygen atoms in total. The van der Waals surface area contributed by atoms with Crippen molar-refractivity contribution in [1.82, 2.24) is 0 Å². The summed E-state index contributed by atoms with van der Waals surface area (Å²) in [4.78, 5) is 10.5. The molecule has 0 fully saturated rings. The summed E-state index contributed by atoms with van der Waals surface area (Å²) in [5, 5.41) is 17.2. The number of rotatable bonds is 6. The monoisotopic (exact) mass is 360 g/mol. The second-order valence-corrected chi connectivity index (χ2v) is 5.28. The maximum Gasteiger partial charge on any atom is 0.455 e. The van der Waals surface area contributed by atoms with E-state index in [4.69, 9.17) is 14.9 Å². The van der Waals surface area contributed by atoms with Gasteiger partial charge >= 0.3 is 23.9 Å². The lowest BCUT2D eigenvalue weighted by Crippen LogP contribution is -2.53. The molecule has 0 heterocycles. The smallest absolute Gasteiger partial charge is 0.455 e. The van der Waals surface area contributed by atoms with Crippen LogP contribution in [0.25, 0.3) is 0 Å². The zero-order chi connectivity index (χ0) is 18.9. The molecule has 0 aromatic heterocycles. The first kappa shape index (κ1) is 20.1. The number of hydrogen-bond donors (Lipinski definition) is 2. The van der Waals surface area contributed by atoms with Gasteiger partial charge in [-0.3, -0.25) is 0 Å². The van der Waals surface area contributed by atoms with Crippen molar-refractivity contribution >= 4 is 5.97 Å². The average molecular weight is 360 g/mol. The van der Waals surface area contributed by atoms with E-state index in [1.165, 1.54) is 13.8 Å². The molecule has 24 heavy (non-hydrogen) atoms. The average Bonchev–Trinajstić information content (AvgIpc) is 2.43. The van der Waals surface area contributed by atoms with Crippen molar-refractivity contribution in [2.24, 2.45) is 0 Å². The van der Waals surface area contributed by atoms with Gasteiger partial charge in [-0.05, 0) is 29.7 Å². The van der Waals surface area contributed by atoms with Gasteiger partial charge < -0.3 is 14.9 Å². The Bertz CT molecular complexity index is 610. The number of benzene rings is 1. The predicted octanol–water partition coefficient (Wildman–Crippen LogP) is 3.59. The van der Waals surface area contributed by atoms with Crippen LogP contribution in [0.2, 0.25) is 0 Å². The van der Waals surface area contributed by atoms with Gasteiger partial charge in [0.25, 0.3) is 0 Å². The molecule has 1 aromatic rings. The van der Waals surface area contributed by atoms with E-state index in [0.717, 1.165) is 6.07 Å². The number of hydrogen-bond acceptors (Lipinski definition) is 3. The number of carbonyl (C=O) groups is 1. The fourth-order valence-electron chi connectivity index (χ4n) is 1.84. The minimum atomic E-state index is -6.22. The van der Waals surface area contributed by atoms with Crippen LogP contribution in [0.3, 0.4) is 0 Å². The summed E-state index contributed by atoms with van der Waals surface area (Å²) in [5.41, 5.74) is -1.48.